The van der Waals surface area contributed by atoms with Crippen LogP contribution >= 0.6 is 22.6 Å². The third kappa shape index (κ3) is 2.84. The Morgan fingerprint density at radius 1 is 1.00 bits per heavy atom. The molecule has 88 valence electrons. The topological polar surface area (TPSA) is 6.48 Å². The van der Waals surface area contributed by atoms with Crippen LogP contribution in [0.1, 0.15) is 39.0 Å². The van der Waals surface area contributed by atoms with Crippen molar-refractivity contribution in [2.75, 3.05) is 26.2 Å². The molecule has 0 spiro atoms. The highest BCUT2D eigenvalue weighted by molar-refractivity contribution is 8.67. The number of thiol groups is 1. The van der Waals surface area contributed by atoms with Crippen molar-refractivity contribution in [2.45, 2.75) is 44.6 Å². The van der Waals surface area contributed by atoms with Crippen LogP contribution in [-0.2, 0) is 0 Å². The Balaban J connectivity index is 1.89. The van der Waals surface area contributed by atoms with E-state index in [1.807, 2.05) is 0 Å². The van der Waals surface area contributed by atoms with Gasteiger partial charge in [-0.15, -0.1) is 0 Å². The summed E-state index contributed by atoms with van der Waals surface area (Å²) in [6.45, 7) is 7.50. The lowest BCUT2D eigenvalue weighted by Crippen LogP contribution is -2.53. The molecule has 2 aliphatic rings. The summed E-state index contributed by atoms with van der Waals surface area (Å²) in [5.74, 6) is 0. The largest absolute Gasteiger partial charge is 0.298 e. The van der Waals surface area contributed by atoms with Crippen LogP contribution in [0.25, 0.3) is 0 Å². The van der Waals surface area contributed by atoms with E-state index in [0.717, 1.165) is 0 Å². The van der Waals surface area contributed by atoms with Crippen molar-refractivity contribution in [3.8, 4) is 0 Å². The molecule has 0 amide bonds. The quantitative estimate of drug-likeness (QED) is 0.455. The third-order valence-corrected chi connectivity index (χ3v) is 5.32. The highest BCUT2D eigenvalue weighted by Crippen LogP contribution is 2.33. The number of piperidine rings is 2. The maximum absolute atomic E-state index is 4.28. The molecule has 0 unspecified atom stereocenters. The molecule has 2 heterocycles. The Labute approximate surface area is 103 Å². The highest BCUT2D eigenvalue weighted by atomic mass is 33.1. The molecule has 2 nitrogen and oxygen atoms in total. The number of hydrogen-bond donors (Lipinski definition) is 1. The summed E-state index contributed by atoms with van der Waals surface area (Å²) >= 11 is 4.28. The highest BCUT2D eigenvalue weighted by Gasteiger charge is 2.35. The molecule has 0 radical (unpaired) electrons. The zero-order chi connectivity index (χ0) is 10.7. The smallest absolute Gasteiger partial charge is 0.0206 e. The van der Waals surface area contributed by atoms with Crippen LogP contribution in [0.2, 0.25) is 0 Å². The minimum absolute atomic E-state index is 0.473. The van der Waals surface area contributed by atoms with Crippen molar-refractivity contribution in [2.24, 2.45) is 0 Å². The van der Waals surface area contributed by atoms with Crippen LogP contribution in [0.4, 0.5) is 0 Å². The first kappa shape index (κ1) is 12.1. The van der Waals surface area contributed by atoms with Crippen molar-refractivity contribution in [1.29, 1.82) is 0 Å². The van der Waals surface area contributed by atoms with E-state index in [-0.39, 0.29) is 0 Å². The molecule has 0 bridgehead atoms. The summed E-state index contributed by atoms with van der Waals surface area (Å²) in [6, 6.07) is 0. The van der Waals surface area contributed by atoms with E-state index in [1.54, 1.807) is 11.0 Å². The fourth-order valence-electron chi connectivity index (χ4n) is 2.80. The molecule has 0 aliphatic carbocycles. The first-order valence-electron chi connectivity index (χ1n) is 6.06. The van der Waals surface area contributed by atoms with Crippen molar-refractivity contribution < 1.29 is 0 Å². The Bertz CT molecular complexity index is 197. The van der Waals surface area contributed by atoms with Gasteiger partial charge >= 0.3 is 0 Å². The second kappa shape index (κ2) is 5.30. The van der Waals surface area contributed by atoms with Gasteiger partial charge in [-0.2, -0.15) is 0 Å². The molecule has 0 aromatic heterocycles. The zero-order valence-corrected chi connectivity index (χ0v) is 11.3. The standard InChI is InChI=1S/C11H22N2S2/c1-11(12-7-3-2-4-8-12)5-9-13(15-14)10-6-11/h14H,2-10H2,1H3. The minimum Gasteiger partial charge on any atom is -0.298 e. The van der Waals surface area contributed by atoms with Gasteiger partial charge < -0.3 is 0 Å². The summed E-state index contributed by atoms with van der Waals surface area (Å²) in [4.78, 5) is 2.73. The summed E-state index contributed by atoms with van der Waals surface area (Å²) in [6.07, 6.45) is 6.85. The maximum atomic E-state index is 4.28. The third-order valence-electron chi connectivity index (χ3n) is 4.03. The second-order valence-corrected chi connectivity index (χ2v) is 6.22. The molecule has 2 aliphatic heterocycles. The molecule has 0 aromatic rings. The number of likely N-dealkylation sites (tertiary alicyclic amines) is 1. The molecule has 2 fully saturated rings. The van der Waals surface area contributed by atoms with Crippen molar-refractivity contribution in [3.05, 3.63) is 0 Å². The Hall–Kier alpha value is 0.620. The molecule has 15 heavy (non-hydrogen) atoms. The van der Waals surface area contributed by atoms with E-state index >= 15 is 0 Å². The predicted molar refractivity (Wildman–Crippen MR) is 71.2 cm³/mol. The molecule has 0 aromatic carbocycles. The molecule has 0 N–H and O–H groups in total. The lowest BCUT2D eigenvalue weighted by atomic mass is 9.87. The molecule has 2 saturated heterocycles. The van der Waals surface area contributed by atoms with Crippen molar-refractivity contribution >= 4 is 22.6 Å². The van der Waals surface area contributed by atoms with Crippen LogP contribution in [-0.4, -0.2) is 40.9 Å². The predicted octanol–water partition coefficient (Wildman–Crippen LogP) is 2.82. The molecular formula is C11H22N2S2. The van der Waals surface area contributed by atoms with E-state index in [2.05, 4.69) is 27.8 Å². The van der Waals surface area contributed by atoms with E-state index in [4.69, 9.17) is 0 Å². The number of hydrogen-bond acceptors (Lipinski definition) is 4. The Kier molecular flexibility index (Phi) is 4.27. The molecule has 0 saturated carbocycles. The van der Waals surface area contributed by atoms with E-state index in [1.165, 1.54) is 58.3 Å². The van der Waals surface area contributed by atoms with Gasteiger partial charge in [-0.05, 0) is 56.7 Å². The van der Waals surface area contributed by atoms with Gasteiger partial charge in [0, 0.05) is 18.6 Å². The monoisotopic (exact) mass is 246 g/mol. The van der Waals surface area contributed by atoms with Crippen LogP contribution in [0, 0.1) is 0 Å². The molecule has 2 rings (SSSR count). The molecular weight excluding hydrogens is 224 g/mol. The van der Waals surface area contributed by atoms with Crippen molar-refractivity contribution in [3.63, 3.8) is 0 Å². The van der Waals surface area contributed by atoms with Crippen LogP contribution in [0.5, 0.6) is 0 Å². The fraction of sp³-hybridized carbons (Fsp3) is 1.00. The van der Waals surface area contributed by atoms with Gasteiger partial charge in [-0.25, -0.2) is 4.31 Å². The SMILES string of the molecule is CC1(N2CCCCC2)CCN(SS)CC1. The maximum Gasteiger partial charge on any atom is 0.0206 e. The average molecular weight is 246 g/mol. The number of rotatable bonds is 2. The minimum atomic E-state index is 0.473. The first-order valence-corrected chi connectivity index (χ1v) is 7.89. The summed E-state index contributed by atoms with van der Waals surface area (Å²) in [5, 5.41) is 0. The van der Waals surface area contributed by atoms with Gasteiger partial charge in [-0.1, -0.05) is 18.1 Å². The second-order valence-electron chi connectivity index (χ2n) is 5.06. The Morgan fingerprint density at radius 3 is 2.13 bits per heavy atom. The van der Waals surface area contributed by atoms with Gasteiger partial charge in [0.05, 0.1) is 0 Å². The van der Waals surface area contributed by atoms with Gasteiger partial charge in [0.25, 0.3) is 0 Å². The average Bonchev–Trinajstić information content (AvgIpc) is 2.31. The van der Waals surface area contributed by atoms with E-state index in [0.29, 0.717) is 5.54 Å². The number of nitrogens with zero attached hydrogens (tertiary/aromatic N) is 2. The van der Waals surface area contributed by atoms with Crippen LogP contribution in [0.3, 0.4) is 0 Å². The van der Waals surface area contributed by atoms with E-state index in [9.17, 15) is 0 Å². The summed E-state index contributed by atoms with van der Waals surface area (Å²) in [5.41, 5.74) is 0.473. The van der Waals surface area contributed by atoms with Gasteiger partial charge in [0.2, 0.25) is 0 Å². The van der Waals surface area contributed by atoms with Crippen LogP contribution in [0.15, 0.2) is 0 Å². The van der Waals surface area contributed by atoms with Crippen LogP contribution < -0.4 is 0 Å². The van der Waals surface area contributed by atoms with Gasteiger partial charge in [-0.3, -0.25) is 4.90 Å². The van der Waals surface area contributed by atoms with E-state index < -0.39 is 0 Å². The van der Waals surface area contributed by atoms with Gasteiger partial charge in [0.15, 0.2) is 0 Å². The normalized spacial score (nSPS) is 29.2. The van der Waals surface area contributed by atoms with Gasteiger partial charge in [0.1, 0.15) is 0 Å². The lowest BCUT2D eigenvalue weighted by molar-refractivity contribution is 0.0410. The first-order chi connectivity index (χ1) is 7.24. The lowest BCUT2D eigenvalue weighted by Gasteiger charge is -2.47. The summed E-state index contributed by atoms with van der Waals surface area (Å²) in [7, 11) is 1.60. The zero-order valence-electron chi connectivity index (χ0n) is 9.61. The Morgan fingerprint density at radius 2 is 1.60 bits per heavy atom. The summed E-state index contributed by atoms with van der Waals surface area (Å²) < 4.78 is 2.37. The van der Waals surface area contributed by atoms with Crippen molar-refractivity contribution in [1.82, 2.24) is 9.21 Å². The fourth-order valence-corrected chi connectivity index (χ4v) is 3.64. The molecule has 0 atom stereocenters. The molecule has 4 heteroatoms.